The summed E-state index contributed by atoms with van der Waals surface area (Å²) < 4.78 is 27.7. The number of anilines is 2. The molecular formula is C27H27N3O3S. The van der Waals surface area contributed by atoms with Gasteiger partial charge in [-0.25, -0.2) is 13.1 Å². The Hall–Kier alpha value is -3.68. The van der Waals surface area contributed by atoms with Crippen LogP contribution in [0.1, 0.15) is 24.9 Å². The monoisotopic (exact) mass is 473 g/mol. The van der Waals surface area contributed by atoms with Crippen molar-refractivity contribution in [3.05, 3.63) is 103 Å². The van der Waals surface area contributed by atoms with Gasteiger partial charge in [-0.15, -0.1) is 0 Å². The highest BCUT2D eigenvalue weighted by Crippen LogP contribution is 2.21. The summed E-state index contributed by atoms with van der Waals surface area (Å²) in [6, 6.07) is 30.3. The third-order valence-electron chi connectivity index (χ3n) is 5.53. The summed E-state index contributed by atoms with van der Waals surface area (Å²) in [6.07, 6.45) is 0.0256. The number of carbonyl (C=O) groups excluding carboxylic acids is 1. The highest BCUT2D eigenvalue weighted by Gasteiger charge is 2.15. The predicted molar refractivity (Wildman–Crippen MR) is 137 cm³/mol. The highest BCUT2D eigenvalue weighted by molar-refractivity contribution is 7.89. The molecule has 0 aliphatic heterocycles. The van der Waals surface area contributed by atoms with Crippen molar-refractivity contribution >= 4 is 38.1 Å². The summed E-state index contributed by atoms with van der Waals surface area (Å²) in [5.41, 5.74) is 2.78. The molecule has 0 bridgehead atoms. The number of amides is 1. The number of rotatable bonds is 9. The van der Waals surface area contributed by atoms with E-state index in [0.717, 1.165) is 16.5 Å². The Morgan fingerprint density at radius 1 is 0.794 bits per heavy atom. The van der Waals surface area contributed by atoms with Crippen LogP contribution in [0.5, 0.6) is 0 Å². The summed E-state index contributed by atoms with van der Waals surface area (Å²) in [4.78, 5) is 12.5. The van der Waals surface area contributed by atoms with Crippen molar-refractivity contribution in [1.82, 2.24) is 4.72 Å². The fraction of sp³-hybridized carbons (Fsp3) is 0.148. The van der Waals surface area contributed by atoms with E-state index in [-0.39, 0.29) is 29.8 Å². The van der Waals surface area contributed by atoms with E-state index >= 15 is 0 Å². The molecule has 1 atom stereocenters. The van der Waals surface area contributed by atoms with Gasteiger partial charge in [-0.3, -0.25) is 4.79 Å². The van der Waals surface area contributed by atoms with E-state index in [9.17, 15) is 13.2 Å². The van der Waals surface area contributed by atoms with Crippen LogP contribution in [0, 0.1) is 0 Å². The van der Waals surface area contributed by atoms with Crippen LogP contribution in [0.25, 0.3) is 10.8 Å². The van der Waals surface area contributed by atoms with E-state index in [2.05, 4.69) is 34.4 Å². The van der Waals surface area contributed by atoms with Crippen molar-refractivity contribution in [2.75, 3.05) is 17.2 Å². The van der Waals surface area contributed by atoms with Crippen molar-refractivity contribution in [2.45, 2.75) is 24.3 Å². The van der Waals surface area contributed by atoms with Crippen LogP contribution in [-0.2, 0) is 14.8 Å². The minimum atomic E-state index is -3.70. The molecular weight excluding hydrogens is 446 g/mol. The van der Waals surface area contributed by atoms with Crippen LogP contribution in [0.4, 0.5) is 11.4 Å². The van der Waals surface area contributed by atoms with Gasteiger partial charge in [0.15, 0.2) is 0 Å². The van der Waals surface area contributed by atoms with Gasteiger partial charge in [-0.1, -0.05) is 60.7 Å². The Labute approximate surface area is 200 Å². The first-order valence-corrected chi connectivity index (χ1v) is 12.6. The maximum absolute atomic E-state index is 12.6. The number of hydrogen-bond donors (Lipinski definition) is 3. The Morgan fingerprint density at radius 3 is 2.18 bits per heavy atom. The zero-order chi connectivity index (χ0) is 24.0. The Balaban J connectivity index is 1.27. The van der Waals surface area contributed by atoms with E-state index in [1.54, 1.807) is 18.2 Å². The van der Waals surface area contributed by atoms with Gasteiger partial charge in [0.25, 0.3) is 0 Å². The van der Waals surface area contributed by atoms with Crippen molar-refractivity contribution < 1.29 is 13.2 Å². The zero-order valence-electron chi connectivity index (χ0n) is 18.9. The third-order valence-corrected chi connectivity index (χ3v) is 6.99. The van der Waals surface area contributed by atoms with Crippen molar-refractivity contribution in [3.8, 4) is 0 Å². The average Bonchev–Trinajstić information content (AvgIpc) is 2.85. The largest absolute Gasteiger partial charge is 0.379 e. The third kappa shape index (κ3) is 6.01. The molecule has 3 N–H and O–H groups in total. The van der Waals surface area contributed by atoms with Crippen LogP contribution in [0.3, 0.4) is 0 Å². The average molecular weight is 474 g/mol. The van der Waals surface area contributed by atoms with Gasteiger partial charge in [-0.05, 0) is 59.7 Å². The van der Waals surface area contributed by atoms with Crippen molar-refractivity contribution in [1.29, 1.82) is 0 Å². The minimum Gasteiger partial charge on any atom is -0.379 e. The zero-order valence-corrected chi connectivity index (χ0v) is 19.7. The van der Waals surface area contributed by atoms with Gasteiger partial charge in [0.05, 0.1) is 4.90 Å². The second-order valence-corrected chi connectivity index (χ2v) is 9.83. The molecule has 0 radical (unpaired) electrons. The molecule has 0 spiro atoms. The van der Waals surface area contributed by atoms with E-state index in [1.165, 1.54) is 5.56 Å². The second kappa shape index (κ2) is 10.5. The molecule has 7 heteroatoms. The molecule has 174 valence electrons. The smallest absolute Gasteiger partial charge is 0.240 e. The summed E-state index contributed by atoms with van der Waals surface area (Å²) in [5.74, 6) is -0.264. The summed E-state index contributed by atoms with van der Waals surface area (Å²) in [7, 11) is -3.70. The molecule has 1 unspecified atom stereocenters. The Kier molecular flexibility index (Phi) is 7.25. The molecule has 0 heterocycles. The normalized spacial score (nSPS) is 12.3. The quantitative estimate of drug-likeness (QED) is 0.307. The SMILES string of the molecule is CC(Nc1ccc(NC(=O)CCNS(=O)(=O)c2ccc3ccccc3c2)cc1)c1ccccc1. The first-order valence-electron chi connectivity index (χ1n) is 11.1. The molecule has 0 aliphatic rings. The number of fused-ring (bicyclic) bond motifs is 1. The lowest BCUT2D eigenvalue weighted by molar-refractivity contribution is -0.116. The molecule has 0 aromatic heterocycles. The van der Waals surface area contributed by atoms with Gasteiger partial charge in [0.1, 0.15) is 0 Å². The van der Waals surface area contributed by atoms with Gasteiger partial charge >= 0.3 is 0 Å². The predicted octanol–water partition coefficient (Wildman–Crippen LogP) is 5.32. The molecule has 0 aliphatic carbocycles. The van der Waals surface area contributed by atoms with Gasteiger partial charge < -0.3 is 10.6 Å². The van der Waals surface area contributed by atoms with E-state index in [0.29, 0.717) is 5.69 Å². The standard InChI is InChI=1S/C27H27N3O3S/c1-20(21-7-3-2-4-8-21)29-24-12-14-25(15-13-24)30-27(31)17-18-28-34(32,33)26-16-11-22-9-5-6-10-23(22)19-26/h2-16,19-20,28-29H,17-18H2,1H3,(H,30,31). The lowest BCUT2D eigenvalue weighted by Crippen LogP contribution is -2.27. The summed E-state index contributed by atoms with van der Waals surface area (Å²) in [6.45, 7) is 2.10. The molecule has 6 nitrogen and oxygen atoms in total. The molecule has 4 aromatic rings. The maximum atomic E-state index is 12.6. The van der Waals surface area contributed by atoms with Crippen LogP contribution < -0.4 is 15.4 Å². The molecule has 4 aromatic carbocycles. The van der Waals surface area contributed by atoms with Gasteiger partial charge in [0, 0.05) is 30.4 Å². The molecule has 0 saturated carbocycles. The topological polar surface area (TPSA) is 87.3 Å². The number of hydrogen-bond acceptors (Lipinski definition) is 4. The number of benzene rings is 4. The lowest BCUT2D eigenvalue weighted by Gasteiger charge is -2.16. The first kappa shape index (κ1) is 23.5. The van der Waals surface area contributed by atoms with Crippen LogP contribution >= 0.6 is 0 Å². The summed E-state index contributed by atoms with van der Waals surface area (Å²) >= 11 is 0. The van der Waals surface area contributed by atoms with Crippen LogP contribution in [0.15, 0.2) is 102 Å². The molecule has 0 fully saturated rings. The van der Waals surface area contributed by atoms with E-state index < -0.39 is 10.0 Å². The minimum absolute atomic E-state index is 0.00915. The maximum Gasteiger partial charge on any atom is 0.240 e. The van der Waals surface area contributed by atoms with Crippen LogP contribution in [0.2, 0.25) is 0 Å². The van der Waals surface area contributed by atoms with Crippen LogP contribution in [-0.4, -0.2) is 20.9 Å². The summed E-state index contributed by atoms with van der Waals surface area (Å²) in [5, 5.41) is 8.05. The fourth-order valence-corrected chi connectivity index (χ4v) is 4.73. The highest BCUT2D eigenvalue weighted by atomic mass is 32.2. The molecule has 1 amide bonds. The first-order chi connectivity index (χ1) is 16.4. The van der Waals surface area contributed by atoms with Crippen molar-refractivity contribution in [2.24, 2.45) is 0 Å². The van der Waals surface area contributed by atoms with Gasteiger partial charge in [-0.2, -0.15) is 0 Å². The van der Waals surface area contributed by atoms with E-state index in [4.69, 9.17) is 0 Å². The lowest BCUT2D eigenvalue weighted by atomic mass is 10.1. The number of nitrogens with one attached hydrogen (secondary N) is 3. The molecule has 34 heavy (non-hydrogen) atoms. The Bertz CT molecular complexity index is 1370. The molecule has 0 saturated heterocycles. The fourth-order valence-electron chi connectivity index (χ4n) is 3.67. The Morgan fingerprint density at radius 2 is 1.44 bits per heavy atom. The van der Waals surface area contributed by atoms with E-state index in [1.807, 2.05) is 66.7 Å². The molecule has 4 rings (SSSR count). The van der Waals surface area contributed by atoms with Gasteiger partial charge in [0.2, 0.25) is 15.9 Å². The number of carbonyl (C=O) groups is 1. The number of sulfonamides is 1. The van der Waals surface area contributed by atoms with Crippen molar-refractivity contribution in [3.63, 3.8) is 0 Å². The second-order valence-electron chi connectivity index (χ2n) is 8.06.